The molecule has 0 aromatic heterocycles. The van der Waals surface area contributed by atoms with Gasteiger partial charge in [0.25, 0.3) is 0 Å². The summed E-state index contributed by atoms with van der Waals surface area (Å²) in [7, 11) is 1.74. The minimum atomic E-state index is -1.27. The Labute approximate surface area is 209 Å². The topological polar surface area (TPSA) is 134 Å². The third-order valence-corrected chi connectivity index (χ3v) is 11.7. The smallest absolute Gasteiger partial charge is 0.223 e. The fourth-order valence-corrected chi connectivity index (χ4v) is 9.32. The van der Waals surface area contributed by atoms with Crippen LogP contribution < -0.4 is 11.1 Å². The number of carbonyl (C=O) groups is 1. The molecule has 5 fully saturated rings. The van der Waals surface area contributed by atoms with Gasteiger partial charge in [-0.05, 0) is 93.3 Å². The molecule has 1 amide bonds. The van der Waals surface area contributed by atoms with E-state index in [1.54, 1.807) is 14.0 Å². The largest absolute Gasteiger partial charge is 0.388 e. The fraction of sp³-hybridized carbons (Fsp3) is 0.963. The van der Waals surface area contributed by atoms with Gasteiger partial charge in [-0.25, -0.2) is 0 Å². The number of ether oxygens (including phenoxy) is 2. The molecule has 0 aromatic rings. The number of nitrogens with one attached hydrogen (secondary N) is 1. The van der Waals surface area contributed by atoms with Gasteiger partial charge in [0.05, 0.1) is 12.2 Å². The summed E-state index contributed by atoms with van der Waals surface area (Å²) in [6.45, 7) is 6.42. The van der Waals surface area contributed by atoms with Crippen molar-refractivity contribution >= 4 is 5.91 Å². The van der Waals surface area contributed by atoms with E-state index < -0.39 is 30.7 Å². The highest BCUT2D eigenvalue weighted by molar-refractivity contribution is 5.80. The first-order chi connectivity index (χ1) is 16.5. The summed E-state index contributed by atoms with van der Waals surface area (Å²) in [6.07, 6.45) is 3.78. The van der Waals surface area contributed by atoms with E-state index in [1.165, 1.54) is 0 Å². The van der Waals surface area contributed by atoms with Crippen molar-refractivity contribution < 1.29 is 29.6 Å². The highest BCUT2D eigenvalue weighted by Crippen LogP contribution is 2.68. The summed E-state index contributed by atoms with van der Waals surface area (Å²) in [5.41, 5.74) is 7.08. The van der Waals surface area contributed by atoms with Gasteiger partial charge in [0.15, 0.2) is 6.29 Å². The van der Waals surface area contributed by atoms with Crippen molar-refractivity contribution in [3.8, 4) is 0 Å². The number of aliphatic hydroxyl groups is 3. The number of hydrogen-bond acceptors (Lipinski definition) is 7. The molecule has 200 valence electrons. The number of rotatable bonds is 3. The maximum Gasteiger partial charge on any atom is 0.223 e. The first kappa shape index (κ1) is 25.9. The molecule has 1 aliphatic heterocycles. The second-order valence-electron chi connectivity index (χ2n) is 12.9. The van der Waals surface area contributed by atoms with Crippen molar-refractivity contribution in [3.63, 3.8) is 0 Å². The summed E-state index contributed by atoms with van der Waals surface area (Å²) in [6, 6.07) is 0. The van der Waals surface area contributed by atoms with Crippen LogP contribution in [0.2, 0.25) is 0 Å². The molecular formula is C27H46N2O6. The second kappa shape index (κ2) is 8.91. The summed E-state index contributed by atoms with van der Waals surface area (Å²) >= 11 is 0. The van der Waals surface area contributed by atoms with Crippen molar-refractivity contribution in [3.05, 3.63) is 0 Å². The van der Waals surface area contributed by atoms with Gasteiger partial charge in [-0.3, -0.25) is 4.79 Å². The van der Waals surface area contributed by atoms with Crippen molar-refractivity contribution in [1.82, 2.24) is 5.32 Å². The number of aliphatic hydroxyl groups excluding tert-OH is 3. The van der Waals surface area contributed by atoms with Crippen LogP contribution in [0.25, 0.3) is 0 Å². The molecule has 4 saturated carbocycles. The van der Waals surface area contributed by atoms with Crippen LogP contribution in [0.15, 0.2) is 0 Å². The van der Waals surface area contributed by atoms with E-state index in [-0.39, 0.29) is 34.3 Å². The Morgan fingerprint density at radius 1 is 0.971 bits per heavy atom. The zero-order valence-corrected chi connectivity index (χ0v) is 21.8. The Morgan fingerprint density at radius 3 is 2.43 bits per heavy atom. The van der Waals surface area contributed by atoms with Gasteiger partial charge in [0.2, 0.25) is 5.91 Å². The molecule has 0 bridgehead atoms. The molecule has 0 aromatic carbocycles. The Kier molecular flexibility index (Phi) is 6.59. The average molecular weight is 495 g/mol. The maximum atomic E-state index is 12.7. The van der Waals surface area contributed by atoms with Gasteiger partial charge in [0.1, 0.15) is 18.3 Å². The molecule has 0 radical (unpaired) electrons. The van der Waals surface area contributed by atoms with E-state index in [0.29, 0.717) is 17.8 Å². The van der Waals surface area contributed by atoms with E-state index in [2.05, 4.69) is 19.2 Å². The van der Waals surface area contributed by atoms with Crippen LogP contribution in [0.4, 0.5) is 0 Å². The van der Waals surface area contributed by atoms with Crippen molar-refractivity contribution in [2.75, 3.05) is 7.05 Å². The van der Waals surface area contributed by atoms with Crippen LogP contribution in [-0.4, -0.2) is 70.6 Å². The van der Waals surface area contributed by atoms with Gasteiger partial charge in [0, 0.05) is 18.5 Å². The van der Waals surface area contributed by atoms with Crippen LogP contribution in [0, 0.1) is 34.5 Å². The molecule has 0 spiro atoms. The van der Waals surface area contributed by atoms with Crippen LogP contribution >= 0.6 is 0 Å². The monoisotopic (exact) mass is 494 g/mol. The first-order valence-corrected chi connectivity index (χ1v) is 13.8. The lowest BCUT2D eigenvalue weighted by Gasteiger charge is -2.64. The molecule has 35 heavy (non-hydrogen) atoms. The SMILES string of the molecule is CNC(=O)[C@H]1CC[C@]2(N)[C@@H]3CC[C@@H]4C[C@@H](O[C@@H]5O[C@@H](C)[C@H](O)[C@@H](O)[C@H]5O)CC[C@]4(C)[C@H]3CC[C@]12C. The Hall–Kier alpha value is -0.770. The Morgan fingerprint density at radius 2 is 1.71 bits per heavy atom. The molecule has 5 rings (SSSR count). The number of carbonyl (C=O) groups excluding carboxylic acids is 1. The molecular weight excluding hydrogens is 448 g/mol. The number of amides is 1. The van der Waals surface area contributed by atoms with Gasteiger partial charge in [-0.1, -0.05) is 13.8 Å². The van der Waals surface area contributed by atoms with E-state index in [1.807, 2.05) is 0 Å². The van der Waals surface area contributed by atoms with E-state index in [0.717, 1.165) is 57.8 Å². The zero-order valence-electron chi connectivity index (χ0n) is 21.8. The summed E-state index contributed by atoms with van der Waals surface area (Å²) in [5, 5.41) is 33.4. The molecule has 1 saturated heterocycles. The van der Waals surface area contributed by atoms with Gasteiger partial charge >= 0.3 is 0 Å². The standard InChI is InChI=1S/C27H46N2O6/c1-14-20(30)21(31)22(32)24(34-14)35-16-7-10-25(2)15(13-16)5-6-18-17(25)8-11-26(3)19(23(33)29-4)9-12-27(18,26)28/h14-22,24,30-32H,5-13,28H2,1-4H3,(H,29,33)/t14-,15+,16-,17-,18+,19+,20-,21+,22+,24-,25-,26+,27-/m0/s1. The number of fused-ring (bicyclic) bond motifs is 5. The zero-order chi connectivity index (χ0) is 25.3. The summed E-state index contributed by atoms with van der Waals surface area (Å²) in [4.78, 5) is 12.7. The van der Waals surface area contributed by atoms with Crippen LogP contribution in [0.1, 0.15) is 78.6 Å². The average Bonchev–Trinajstić information content (AvgIpc) is 3.12. The minimum absolute atomic E-state index is 0.00583. The Bertz CT molecular complexity index is 827. The molecule has 6 N–H and O–H groups in total. The molecule has 8 heteroatoms. The maximum absolute atomic E-state index is 12.7. The molecule has 5 aliphatic rings. The molecule has 1 heterocycles. The van der Waals surface area contributed by atoms with E-state index in [4.69, 9.17) is 15.2 Å². The van der Waals surface area contributed by atoms with E-state index >= 15 is 0 Å². The highest BCUT2D eigenvalue weighted by Gasteiger charge is 2.67. The lowest BCUT2D eigenvalue weighted by atomic mass is 9.42. The van der Waals surface area contributed by atoms with Gasteiger partial charge < -0.3 is 35.8 Å². The Balaban J connectivity index is 1.29. The normalized spacial score (nSPS) is 56.0. The fourth-order valence-electron chi connectivity index (χ4n) is 9.32. The van der Waals surface area contributed by atoms with Crippen molar-refractivity contribution in [2.45, 2.75) is 121 Å². The first-order valence-electron chi connectivity index (χ1n) is 13.8. The predicted octanol–water partition coefficient (Wildman–Crippen LogP) is 1.69. The minimum Gasteiger partial charge on any atom is -0.388 e. The molecule has 4 aliphatic carbocycles. The van der Waals surface area contributed by atoms with Gasteiger partial charge in [-0.15, -0.1) is 0 Å². The van der Waals surface area contributed by atoms with Crippen molar-refractivity contribution in [1.29, 1.82) is 0 Å². The number of nitrogens with two attached hydrogens (primary N) is 1. The lowest BCUT2D eigenvalue weighted by Crippen LogP contribution is -2.67. The summed E-state index contributed by atoms with van der Waals surface area (Å²) < 4.78 is 11.9. The third-order valence-electron chi connectivity index (χ3n) is 11.7. The lowest BCUT2D eigenvalue weighted by molar-refractivity contribution is -0.309. The highest BCUT2D eigenvalue weighted by atomic mass is 16.7. The quantitative estimate of drug-likeness (QED) is 0.377. The van der Waals surface area contributed by atoms with E-state index in [9.17, 15) is 20.1 Å². The molecule has 13 atom stereocenters. The van der Waals surface area contributed by atoms with Crippen LogP contribution in [0.3, 0.4) is 0 Å². The molecule has 0 unspecified atom stereocenters. The van der Waals surface area contributed by atoms with Crippen LogP contribution in [-0.2, 0) is 14.3 Å². The molecule has 8 nitrogen and oxygen atoms in total. The van der Waals surface area contributed by atoms with Crippen LogP contribution in [0.5, 0.6) is 0 Å². The third kappa shape index (κ3) is 3.73. The second-order valence-corrected chi connectivity index (χ2v) is 12.9. The van der Waals surface area contributed by atoms with Crippen molar-refractivity contribution in [2.24, 2.45) is 40.2 Å². The predicted molar refractivity (Wildman–Crippen MR) is 130 cm³/mol. The number of hydrogen-bond donors (Lipinski definition) is 5. The van der Waals surface area contributed by atoms with Gasteiger partial charge in [-0.2, -0.15) is 0 Å². The summed E-state index contributed by atoms with van der Waals surface area (Å²) in [5.74, 6) is 1.66.